The number of aliphatic hydroxyl groups excluding tert-OH is 1. The van der Waals surface area contributed by atoms with Crippen molar-refractivity contribution < 1.29 is 9.84 Å². The van der Waals surface area contributed by atoms with Gasteiger partial charge in [-0.3, -0.25) is 0 Å². The lowest BCUT2D eigenvalue weighted by molar-refractivity contribution is -0.0465. The third-order valence-corrected chi connectivity index (χ3v) is 3.01. The molecular formula is C12H25NO2. The minimum absolute atomic E-state index is 0.157. The Bertz CT molecular complexity index is 158. The third-order valence-electron chi connectivity index (χ3n) is 3.01. The number of aliphatic hydroxyl groups is 1. The molecule has 3 nitrogen and oxygen atoms in total. The summed E-state index contributed by atoms with van der Waals surface area (Å²) in [7, 11) is 0. The normalized spacial score (nSPS) is 27.2. The summed E-state index contributed by atoms with van der Waals surface area (Å²) in [6, 6.07) is 0. The van der Waals surface area contributed by atoms with E-state index in [2.05, 4.69) is 18.7 Å². The Balaban J connectivity index is 2.33. The molecule has 1 heterocycles. The van der Waals surface area contributed by atoms with E-state index in [-0.39, 0.29) is 6.10 Å². The van der Waals surface area contributed by atoms with Crippen LogP contribution in [-0.2, 0) is 4.74 Å². The molecule has 90 valence electrons. The van der Waals surface area contributed by atoms with Crippen molar-refractivity contribution in [2.75, 3.05) is 32.8 Å². The van der Waals surface area contributed by atoms with Gasteiger partial charge in [-0.15, -0.1) is 0 Å². The first-order chi connectivity index (χ1) is 7.27. The fourth-order valence-electron chi connectivity index (χ4n) is 2.22. The molecule has 0 aromatic heterocycles. The second-order valence-corrected chi connectivity index (χ2v) is 4.49. The zero-order valence-electron chi connectivity index (χ0n) is 10.1. The molecule has 1 N–H and O–H groups in total. The van der Waals surface area contributed by atoms with Crippen LogP contribution in [0.2, 0.25) is 0 Å². The molecule has 3 heteroatoms. The van der Waals surface area contributed by atoms with Gasteiger partial charge in [-0.1, -0.05) is 13.8 Å². The van der Waals surface area contributed by atoms with Gasteiger partial charge < -0.3 is 14.7 Å². The molecule has 1 saturated heterocycles. The number of hydrogen-bond acceptors (Lipinski definition) is 3. The predicted molar refractivity (Wildman–Crippen MR) is 62.0 cm³/mol. The maximum atomic E-state index is 9.85. The summed E-state index contributed by atoms with van der Waals surface area (Å²) in [5.74, 6) is 0.317. The second-order valence-electron chi connectivity index (χ2n) is 4.49. The van der Waals surface area contributed by atoms with Gasteiger partial charge in [0.1, 0.15) is 0 Å². The van der Waals surface area contributed by atoms with Gasteiger partial charge in [0.05, 0.1) is 12.7 Å². The fourth-order valence-corrected chi connectivity index (χ4v) is 2.22. The summed E-state index contributed by atoms with van der Waals surface area (Å²) >= 11 is 0. The van der Waals surface area contributed by atoms with Crippen LogP contribution in [0.4, 0.5) is 0 Å². The first-order valence-corrected chi connectivity index (χ1v) is 6.26. The van der Waals surface area contributed by atoms with Crippen LogP contribution in [0.5, 0.6) is 0 Å². The first kappa shape index (κ1) is 12.9. The SMILES string of the molecule is CCCN(CCC)CC1COCCC1O. The molecule has 0 radical (unpaired) electrons. The Morgan fingerprint density at radius 1 is 1.27 bits per heavy atom. The second kappa shape index (κ2) is 7.20. The van der Waals surface area contributed by atoms with Gasteiger partial charge in [-0.2, -0.15) is 0 Å². The molecule has 0 amide bonds. The zero-order valence-corrected chi connectivity index (χ0v) is 10.1. The number of ether oxygens (including phenoxy) is 1. The van der Waals surface area contributed by atoms with E-state index in [1.54, 1.807) is 0 Å². The van der Waals surface area contributed by atoms with Crippen molar-refractivity contribution >= 4 is 0 Å². The molecule has 0 bridgehead atoms. The summed E-state index contributed by atoms with van der Waals surface area (Å²) in [5, 5.41) is 9.85. The van der Waals surface area contributed by atoms with Crippen molar-refractivity contribution in [2.45, 2.75) is 39.2 Å². The van der Waals surface area contributed by atoms with Gasteiger partial charge in [-0.05, 0) is 32.4 Å². The van der Waals surface area contributed by atoms with Gasteiger partial charge in [0.2, 0.25) is 0 Å². The molecule has 0 aliphatic carbocycles. The highest BCUT2D eigenvalue weighted by atomic mass is 16.5. The Morgan fingerprint density at radius 2 is 1.93 bits per heavy atom. The minimum atomic E-state index is -0.157. The number of rotatable bonds is 6. The highest BCUT2D eigenvalue weighted by Gasteiger charge is 2.25. The van der Waals surface area contributed by atoms with E-state index in [0.29, 0.717) is 5.92 Å². The smallest absolute Gasteiger partial charge is 0.0624 e. The molecule has 0 aromatic carbocycles. The molecule has 0 spiro atoms. The van der Waals surface area contributed by atoms with Crippen molar-refractivity contribution in [1.82, 2.24) is 4.90 Å². The fraction of sp³-hybridized carbons (Fsp3) is 1.00. The summed E-state index contributed by atoms with van der Waals surface area (Å²) in [4.78, 5) is 2.45. The van der Waals surface area contributed by atoms with E-state index in [9.17, 15) is 5.11 Å². The largest absolute Gasteiger partial charge is 0.393 e. The lowest BCUT2D eigenvalue weighted by Gasteiger charge is -2.32. The van der Waals surface area contributed by atoms with Crippen LogP contribution in [-0.4, -0.2) is 49.0 Å². The predicted octanol–water partition coefficient (Wildman–Crippen LogP) is 1.51. The maximum Gasteiger partial charge on any atom is 0.0624 e. The van der Waals surface area contributed by atoms with Crippen molar-refractivity contribution in [3.63, 3.8) is 0 Å². The molecular weight excluding hydrogens is 190 g/mol. The molecule has 2 atom stereocenters. The molecule has 1 aliphatic rings. The topological polar surface area (TPSA) is 32.7 Å². The molecule has 1 rings (SSSR count). The van der Waals surface area contributed by atoms with Crippen LogP contribution in [0.25, 0.3) is 0 Å². The zero-order chi connectivity index (χ0) is 11.1. The Morgan fingerprint density at radius 3 is 2.47 bits per heavy atom. The van der Waals surface area contributed by atoms with Gasteiger partial charge in [-0.25, -0.2) is 0 Å². The van der Waals surface area contributed by atoms with E-state index < -0.39 is 0 Å². The Kier molecular flexibility index (Phi) is 6.22. The monoisotopic (exact) mass is 215 g/mol. The highest BCUT2D eigenvalue weighted by Crippen LogP contribution is 2.16. The lowest BCUT2D eigenvalue weighted by Crippen LogP contribution is -2.41. The number of nitrogens with zero attached hydrogens (tertiary/aromatic N) is 1. The van der Waals surface area contributed by atoms with Gasteiger partial charge in [0, 0.05) is 19.1 Å². The standard InChI is InChI=1S/C12H25NO2/c1-3-6-13(7-4-2)9-11-10-15-8-5-12(11)14/h11-12,14H,3-10H2,1-2H3. The maximum absolute atomic E-state index is 9.85. The minimum Gasteiger partial charge on any atom is -0.393 e. The summed E-state index contributed by atoms with van der Waals surface area (Å²) in [6.07, 6.45) is 3.01. The van der Waals surface area contributed by atoms with Crippen LogP contribution in [0.1, 0.15) is 33.1 Å². The molecule has 1 fully saturated rings. The van der Waals surface area contributed by atoms with Gasteiger partial charge >= 0.3 is 0 Å². The third kappa shape index (κ3) is 4.49. The van der Waals surface area contributed by atoms with Crippen molar-refractivity contribution in [2.24, 2.45) is 5.92 Å². The average Bonchev–Trinajstić information content (AvgIpc) is 2.22. The highest BCUT2D eigenvalue weighted by molar-refractivity contribution is 4.76. The Labute approximate surface area is 93.4 Å². The number of hydrogen-bond donors (Lipinski definition) is 1. The van der Waals surface area contributed by atoms with Gasteiger partial charge in [0.25, 0.3) is 0 Å². The van der Waals surface area contributed by atoms with Crippen LogP contribution in [0.3, 0.4) is 0 Å². The van der Waals surface area contributed by atoms with Crippen LogP contribution in [0.15, 0.2) is 0 Å². The van der Waals surface area contributed by atoms with E-state index in [1.165, 1.54) is 12.8 Å². The summed E-state index contributed by atoms with van der Waals surface area (Å²) in [6.45, 7) is 9.12. The molecule has 15 heavy (non-hydrogen) atoms. The molecule has 1 aliphatic heterocycles. The summed E-state index contributed by atoms with van der Waals surface area (Å²) in [5.41, 5.74) is 0. The van der Waals surface area contributed by atoms with Gasteiger partial charge in [0.15, 0.2) is 0 Å². The van der Waals surface area contributed by atoms with Crippen LogP contribution in [0, 0.1) is 5.92 Å². The first-order valence-electron chi connectivity index (χ1n) is 6.26. The van der Waals surface area contributed by atoms with Crippen molar-refractivity contribution in [3.05, 3.63) is 0 Å². The quantitative estimate of drug-likeness (QED) is 0.729. The van der Waals surface area contributed by atoms with E-state index in [0.717, 1.165) is 39.3 Å². The van der Waals surface area contributed by atoms with Crippen LogP contribution < -0.4 is 0 Å². The van der Waals surface area contributed by atoms with Crippen molar-refractivity contribution in [1.29, 1.82) is 0 Å². The molecule has 0 aromatic rings. The van der Waals surface area contributed by atoms with Crippen LogP contribution >= 0.6 is 0 Å². The Hall–Kier alpha value is -0.120. The van der Waals surface area contributed by atoms with E-state index >= 15 is 0 Å². The molecule has 0 saturated carbocycles. The van der Waals surface area contributed by atoms with E-state index in [4.69, 9.17) is 4.74 Å². The lowest BCUT2D eigenvalue weighted by atomic mass is 9.98. The summed E-state index contributed by atoms with van der Waals surface area (Å²) < 4.78 is 5.42. The van der Waals surface area contributed by atoms with E-state index in [1.807, 2.05) is 0 Å². The average molecular weight is 215 g/mol. The van der Waals surface area contributed by atoms with Crippen molar-refractivity contribution in [3.8, 4) is 0 Å². The molecule has 2 unspecified atom stereocenters.